The van der Waals surface area contributed by atoms with Crippen LogP contribution in [-0.4, -0.2) is 6.61 Å². The number of rotatable bonds is 6. The summed E-state index contributed by atoms with van der Waals surface area (Å²) in [4.78, 5) is 0. The summed E-state index contributed by atoms with van der Waals surface area (Å²) < 4.78 is 31.9. The van der Waals surface area contributed by atoms with Crippen LogP contribution in [-0.2, 0) is 6.54 Å². The first-order valence-electron chi connectivity index (χ1n) is 5.49. The van der Waals surface area contributed by atoms with Crippen molar-refractivity contribution in [2.24, 2.45) is 5.73 Å². The Morgan fingerprint density at radius 2 is 1.81 bits per heavy atom. The molecule has 4 heteroatoms. The molecule has 0 aliphatic rings. The van der Waals surface area contributed by atoms with E-state index >= 15 is 0 Å². The molecular weight excluding hydrogens is 212 g/mol. The summed E-state index contributed by atoms with van der Waals surface area (Å²) in [5.41, 5.74) is 5.73. The van der Waals surface area contributed by atoms with Crippen LogP contribution in [0.1, 0.15) is 31.7 Å². The van der Waals surface area contributed by atoms with Gasteiger partial charge in [-0.3, -0.25) is 0 Å². The Kier molecular flexibility index (Phi) is 5.19. The first kappa shape index (κ1) is 12.9. The number of benzene rings is 1. The van der Waals surface area contributed by atoms with Gasteiger partial charge in [0, 0.05) is 6.54 Å². The summed E-state index contributed by atoms with van der Waals surface area (Å²) in [7, 11) is 0. The predicted octanol–water partition coefficient (Wildman–Crippen LogP) is 2.99. The van der Waals surface area contributed by atoms with E-state index < -0.39 is 11.6 Å². The lowest BCUT2D eigenvalue weighted by atomic mass is 10.2. The Morgan fingerprint density at radius 3 is 2.31 bits per heavy atom. The van der Waals surface area contributed by atoms with Gasteiger partial charge >= 0.3 is 0 Å². The monoisotopic (exact) mass is 229 g/mol. The molecular formula is C12H17F2NO. The molecule has 1 aromatic carbocycles. The molecule has 2 N–H and O–H groups in total. The summed E-state index contributed by atoms with van der Waals surface area (Å²) in [6.07, 6.45) is 2.83. The maximum Gasteiger partial charge on any atom is 0.190 e. The smallest absolute Gasteiger partial charge is 0.190 e. The molecule has 0 heterocycles. The largest absolute Gasteiger partial charge is 0.488 e. The van der Waals surface area contributed by atoms with Crippen LogP contribution in [0.2, 0.25) is 0 Å². The Labute approximate surface area is 94.4 Å². The molecule has 0 spiro atoms. The summed E-state index contributed by atoms with van der Waals surface area (Å²) in [5, 5.41) is 0. The van der Waals surface area contributed by atoms with Crippen LogP contribution >= 0.6 is 0 Å². The zero-order chi connectivity index (χ0) is 12.0. The molecule has 1 aromatic rings. The number of hydrogen-bond acceptors (Lipinski definition) is 2. The number of halogens is 2. The highest BCUT2D eigenvalue weighted by Crippen LogP contribution is 2.23. The minimum Gasteiger partial charge on any atom is -0.488 e. The molecule has 0 radical (unpaired) electrons. The van der Waals surface area contributed by atoms with Gasteiger partial charge in [-0.05, 0) is 24.1 Å². The van der Waals surface area contributed by atoms with E-state index in [0.29, 0.717) is 12.2 Å². The molecule has 0 aromatic heterocycles. The van der Waals surface area contributed by atoms with Crippen LogP contribution in [0.5, 0.6) is 5.75 Å². The fraction of sp³-hybridized carbons (Fsp3) is 0.500. The quantitative estimate of drug-likeness (QED) is 0.761. The Bertz CT molecular complexity index is 319. The van der Waals surface area contributed by atoms with Gasteiger partial charge in [0.15, 0.2) is 17.4 Å². The molecule has 0 atom stereocenters. The molecule has 0 aliphatic carbocycles. The summed E-state index contributed by atoms with van der Waals surface area (Å²) in [6, 6.07) is 2.41. The molecule has 0 saturated carbocycles. The maximum atomic E-state index is 13.4. The summed E-state index contributed by atoms with van der Waals surface area (Å²) >= 11 is 0. The average molecular weight is 229 g/mol. The van der Waals surface area contributed by atoms with E-state index in [1.165, 1.54) is 12.1 Å². The molecule has 90 valence electrons. The number of hydrogen-bond donors (Lipinski definition) is 1. The van der Waals surface area contributed by atoms with Gasteiger partial charge in [0.2, 0.25) is 0 Å². The van der Waals surface area contributed by atoms with Gasteiger partial charge in [0.05, 0.1) is 6.61 Å². The van der Waals surface area contributed by atoms with E-state index in [9.17, 15) is 8.78 Å². The standard InChI is InChI=1S/C12H17F2NO/c1-2-3-4-5-16-12-10(13)6-9(8-15)7-11(12)14/h6-7H,2-5,8,15H2,1H3. The highest BCUT2D eigenvalue weighted by molar-refractivity contribution is 5.31. The van der Waals surface area contributed by atoms with E-state index in [1.54, 1.807) is 0 Å². The van der Waals surface area contributed by atoms with Crippen molar-refractivity contribution in [2.45, 2.75) is 32.7 Å². The third-order valence-electron chi connectivity index (χ3n) is 2.29. The third kappa shape index (κ3) is 3.45. The van der Waals surface area contributed by atoms with E-state index in [1.807, 2.05) is 0 Å². The fourth-order valence-corrected chi connectivity index (χ4v) is 1.39. The van der Waals surface area contributed by atoms with Crippen LogP contribution in [0.15, 0.2) is 12.1 Å². The molecule has 0 aliphatic heterocycles. The first-order valence-corrected chi connectivity index (χ1v) is 5.49. The van der Waals surface area contributed by atoms with Crippen LogP contribution in [0.25, 0.3) is 0 Å². The van der Waals surface area contributed by atoms with Gasteiger partial charge in [-0.2, -0.15) is 0 Å². The molecule has 0 saturated heterocycles. The molecule has 0 bridgehead atoms. The van der Waals surface area contributed by atoms with Crippen molar-refractivity contribution in [3.63, 3.8) is 0 Å². The molecule has 0 amide bonds. The van der Waals surface area contributed by atoms with Gasteiger partial charge < -0.3 is 10.5 Å². The third-order valence-corrected chi connectivity index (χ3v) is 2.29. The fourth-order valence-electron chi connectivity index (χ4n) is 1.39. The first-order chi connectivity index (χ1) is 7.69. The minimum atomic E-state index is -0.683. The average Bonchev–Trinajstić information content (AvgIpc) is 2.26. The van der Waals surface area contributed by atoms with E-state index in [0.717, 1.165) is 19.3 Å². The highest BCUT2D eigenvalue weighted by Gasteiger charge is 2.11. The summed E-state index contributed by atoms with van der Waals surface area (Å²) in [6.45, 7) is 2.50. The normalized spacial score (nSPS) is 10.5. The Hall–Kier alpha value is -1.16. The van der Waals surface area contributed by atoms with Gasteiger partial charge in [-0.1, -0.05) is 19.8 Å². The minimum absolute atomic E-state index is 0.115. The zero-order valence-corrected chi connectivity index (χ0v) is 9.43. The van der Waals surface area contributed by atoms with Crippen molar-refractivity contribution in [3.8, 4) is 5.75 Å². The van der Waals surface area contributed by atoms with E-state index in [4.69, 9.17) is 10.5 Å². The van der Waals surface area contributed by atoms with Crippen molar-refractivity contribution in [3.05, 3.63) is 29.3 Å². The van der Waals surface area contributed by atoms with Gasteiger partial charge in [0.1, 0.15) is 0 Å². The van der Waals surface area contributed by atoms with Gasteiger partial charge in [-0.15, -0.1) is 0 Å². The van der Waals surface area contributed by atoms with Crippen molar-refractivity contribution in [1.82, 2.24) is 0 Å². The Morgan fingerprint density at radius 1 is 1.19 bits per heavy atom. The number of nitrogens with two attached hydrogens (primary N) is 1. The van der Waals surface area contributed by atoms with E-state index in [-0.39, 0.29) is 12.3 Å². The van der Waals surface area contributed by atoms with Crippen LogP contribution in [0, 0.1) is 11.6 Å². The lowest BCUT2D eigenvalue weighted by molar-refractivity contribution is 0.276. The maximum absolute atomic E-state index is 13.4. The lowest BCUT2D eigenvalue weighted by Gasteiger charge is -2.09. The molecule has 2 nitrogen and oxygen atoms in total. The SMILES string of the molecule is CCCCCOc1c(F)cc(CN)cc1F. The van der Waals surface area contributed by atoms with Gasteiger partial charge in [0.25, 0.3) is 0 Å². The zero-order valence-electron chi connectivity index (χ0n) is 9.43. The van der Waals surface area contributed by atoms with Gasteiger partial charge in [-0.25, -0.2) is 8.78 Å². The topological polar surface area (TPSA) is 35.2 Å². The van der Waals surface area contributed by atoms with Crippen molar-refractivity contribution >= 4 is 0 Å². The second-order valence-electron chi connectivity index (χ2n) is 3.65. The number of ether oxygens (including phenoxy) is 1. The highest BCUT2D eigenvalue weighted by atomic mass is 19.1. The summed E-state index contributed by atoms with van der Waals surface area (Å²) in [5.74, 6) is -1.66. The van der Waals surface area contributed by atoms with Crippen molar-refractivity contribution in [1.29, 1.82) is 0 Å². The van der Waals surface area contributed by atoms with Crippen molar-refractivity contribution < 1.29 is 13.5 Å². The van der Waals surface area contributed by atoms with Crippen LogP contribution in [0.3, 0.4) is 0 Å². The Balaban J connectivity index is 2.65. The van der Waals surface area contributed by atoms with Crippen LogP contribution in [0.4, 0.5) is 8.78 Å². The van der Waals surface area contributed by atoms with Crippen molar-refractivity contribution in [2.75, 3.05) is 6.61 Å². The lowest BCUT2D eigenvalue weighted by Crippen LogP contribution is -2.04. The molecule has 16 heavy (non-hydrogen) atoms. The molecule has 1 rings (SSSR count). The second kappa shape index (κ2) is 6.43. The molecule has 0 unspecified atom stereocenters. The second-order valence-corrected chi connectivity index (χ2v) is 3.65. The molecule has 0 fully saturated rings. The predicted molar refractivity (Wildman–Crippen MR) is 59.3 cm³/mol. The van der Waals surface area contributed by atoms with Crippen LogP contribution < -0.4 is 10.5 Å². The van der Waals surface area contributed by atoms with E-state index in [2.05, 4.69) is 6.92 Å². The number of unbranched alkanes of at least 4 members (excludes halogenated alkanes) is 2.